The van der Waals surface area contributed by atoms with Gasteiger partial charge in [0, 0.05) is 39.1 Å². The van der Waals surface area contributed by atoms with Gasteiger partial charge in [-0.1, -0.05) is 155 Å². The molecule has 7 aromatic rings. The molecule has 4 aliphatic heterocycles. The van der Waals surface area contributed by atoms with Crippen molar-refractivity contribution >= 4 is 46.2 Å². The molecule has 0 N–H and O–H groups in total. The van der Waals surface area contributed by atoms with Gasteiger partial charge < -0.3 is 9.71 Å². The van der Waals surface area contributed by atoms with Crippen molar-refractivity contribution < 1.29 is 0 Å². The summed E-state index contributed by atoms with van der Waals surface area (Å²) >= 11 is 0. The molecule has 2 nitrogen and oxygen atoms in total. The first-order chi connectivity index (χ1) is 26.9. The summed E-state index contributed by atoms with van der Waals surface area (Å²) < 4.78 is 0. The average molecular weight is 707 g/mol. The molecule has 0 amide bonds. The van der Waals surface area contributed by atoms with Gasteiger partial charge in [-0.3, -0.25) is 0 Å². The van der Waals surface area contributed by atoms with Gasteiger partial charge in [0.2, 0.25) is 0 Å². The number of hydrogen-bond acceptors (Lipinski definition) is 2. The first-order valence-corrected chi connectivity index (χ1v) is 20.4. The lowest BCUT2D eigenvalue weighted by Gasteiger charge is -2.53. The molecular weight excluding hydrogens is 663 g/mol. The Bertz CT molecular complexity index is 2800. The van der Waals surface area contributed by atoms with Gasteiger partial charge in [-0.05, 0) is 110 Å². The summed E-state index contributed by atoms with van der Waals surface area (Å²) in [5, 5.41) is 0. The number of fused-ring (bicyclic) bond motifs is 11. The highest BCUT2D eigenvalue weighted by Gasteiger charge is 2.56. The van der Waals surface area contributed by atoms with Crippen molar-refractivity contribution in [3.05, 3.63) is 173 Å². The van der Waals surface area contributed by atoms with Gasteiger partial charge >= 0.3 is 6.85 Å². The molecule has 4 heterocycles. The van der Waals surface area contributed by atoms with E-state index in [1.165, 1.54) is 125 Å². The van der Waals surface area contributed by atoms with Gasteiger partial charge in [-0.2, -0.15) is 0 Å². The molecule has 0 saturated carbocycles. The molecule has 0 fully saturated rings. The van der Waals surface area contributed by atoms with Crippen LogP contribution in [-0.4, -0.2) is 6.85 Å². The van der Waals surface area contributed by atoms with Crippen molar-refractivity contribution in [1.82, 2.24) is 0 Å². The molecular formula is C52H43BN2. The number of unbranched alkanes of at least 4 members (excludes halogenated alkanes) is 2. The van der Waals surface area contributed by atoms with Crippen LogP contribution in [0.25, 0.3) is 33.4 Å². The van der Waals surface area contributed by atoms with Crippen molar-refractivity contribution in [3.63, 3.8) is 0 Å². The first-order valence-electron chi connectivity index (χ1n) is 20.4. The van der Waals surface area contributed by atoms with E-state index in [0.29, 0.717) is 0 Å². The number of para-hydroxylation sites is 2. The molecule has 264 valence electrons. The second kappa shape index (κ2) is 10.9. The van der Waals surface area contributed by atoms with Crippen LogP contribution in [0.2, 0.25) is 0 Å². The Hall–Kier alpha value is -5.80. The summed E-state index contributed by atoms with van der Waals surface area (Å²) in [5.74, 6) is 0. The van der Waals surface area contributed by atoms with E-state index in [-0.39, 0.29) is 17.7 Å². The van der Waals surface area contributed by atoms with Crippen LogP contribution in [0.5, 0.6) is 0 Å². The lowest BCUT2D eigenvalue weighted by molar-refractivity contribution is 0.632. The predicted octanol–water partition coefficient (Wildman–Crippen LogP) is 12.1. The normalized spacial score (nSPS) is 17.9. The number of benzene rings is 7. The molecule has 12 rings (SSSR count). The largest absolute Gasteiger partial charge is 0.376 e. The molecule has 5 aliphatic rings. The Morgan fingerprint density at radius 2 is 1.24 bits per heavy atom. The summed E-state index contributed by atoms with van der Waals surface area (Å²) in [6.45, 7) is 9.70. The van der Waals surface area contributed by atoms with Crippen LogP contribution in [-0.2, 0) is 17.3 Å². The number of rotatable bonds is 5. The topological polar surface area (TPSA) is 6.48 Å². The molecule has 1 unspecified atom stereocenters. The second-order valence-corrected chi connectivity index (χ2v) is 17.1. The third-order valence-electron chi connectivity index (χ3n) is 14.0. The Balaban J connectivity index is 1.26. The molecule has 0 saturated heterocycles. The van der Waals surface area contributed by atoms with Crippen molar-refractivity contribution in [2.75, 3.05) is 9.71 Å². The van der Waals surface area contributed by atoms with Gasteiger partial charge in [-0.15, -0.1) is 0 Å². The van der Waals surface area contributed by atoms with Gasteiger partial charge in [-0.25, -0.2) is 0 Å². The summed E-state index contributed by atoms with van der Waals surface area (Å²) in [5.41, 5.74) is 25.7. The molecule has 0 spiro atoms. The fourth-order valence-corrected chi connectivity index (χ4v) is 11.6. The molecule has 0 bridgehead atoms. The zero-order valence-corrected chi connectivity index (χ0v) is 32.1. The summed E-state index contributed by atoms with van der Waals surface area (Å²) in [6, 6.07) is 53.9. The highest BCUT2D eigenvalue weighted by atomic mass is 15.2. The number of hydrogen-bond donors (Lipinski definition) is 0. The first kappa shape index (κ1) is 31.5. The van der Waals surface area contributed by atoms with Crippen LogP contribution in [0, 0.1) is 0 Å². The molecule has 0 aromatic heterocycles. The minimum Gasteiger partial charge on any atom is -0.376 e. The number of nitrogens with zero attached hydrogens (tertiary/aromatic N) is 2. The fraction of sp³-hybridized carbons (Fsp3) is 0.192. The smallest absolute Gasteiger partial charge is 0.333 e. The third-order valence-corrected chi connectivity index (χ3v) is 14.0. The van der Waals surface area contributed by atoms with E-state index in [1.54, 1.807) is 0 Å². The Labute approximate surface area is 325 Å². The molecule has 0 radical (unpaired) electrons. The number of anilines is 5. The van der Waals surface area contributed by atoms with E-state index in [2.05, 4.69) is 177 Å². The van der Waals surface area contributed by atoms with Crippen molar-refractivity contribution in [3.8, 4) is 33.4 Å². The van der Waals surface area contributed by atoms with Gasteiger partial charge in [0.25, 0.3) is 0 Å². The van der Waals surface area contributed by atoms with E-state index in [4.69, 9.17) is 0 Å². The van der Waals surface area contributed by atoms with Crippen LogP contribution in [0.4, 0.5) is 28.4 Å². The van der Waals surface area contributed by atoms with Crippen LogP contribution in [0.15, 0.2) is 140 Å². The maximum absolute atomic E-state index is 2.80. The van der Waals surface area contributed by atoms with E-state index in [9.17, 15) is 0 Å². The van der Waals surface area contributed by atoms with Gasteiger partial charge in [0.15, 0.2) is 0 Å². The highest BCUT2D eigenvalue weighted by molar-refractivity contribution is 6.94. The van der Waals surface area contributed by atoms with E-state index in [1.807, 2.05) is 0 Å². The van der Waals surface area contributed by atoms with Crippen LogP contribution < -0.4 is 20.6 Å². The molecule has 7 aromatic carbocycles. The van der Waals surface area contributed by atoms with Crippen molar-refractivity contribution in [2.45, 2.75) is 64.2 Å². The van der Waals surface area contributed by atoms with Crippen molar-refractivity contribution in [2.24, 2.45) is 0 Å². The Kier molecular flexibility index (Phi) is 6.26. The lowest BCUT2D eigenvalue weighted by Crippen LogP contribution is -2.63. The minimum atomic E-state index is -0.327. The minimum absolute atomic E-state index is 0.0130. The summed E-state index contributed by atoms with van der Waals surface area (Å²) in [4.78, 5) is 5.46. The molecule has 1 atom stereocenters. The van der Waals surface area contributed by atoms with E-state index < -0.39 is 0 Å². The SMILES string of the molecule is CCCCCc1cc2c3c(c1)N1c4ccccc4C(C)(C)c4cccc(c41)B3N1c3cccc4c3C(C)(c3ccccc3-4)c3c(-c4ccccc4)ccc-2c31. The number of aryl methyl sites for hydroxylation is 1. The van der Waals surface area contributed by atoms with Crippen LogP contribution >= 0.6 is 0 Å². The second-order valence-electron chi connectivity index (χ2n) is 17.1. The standard InChI is InChI=1S/C52H43BN2/c1-5-6-8-17-32-30-38-37-29-28-34(33-18-9-7-10-19-33)47-49(37)55(44-27-15-21-36-35-20-11-12-22-39(35)52(47,4)46(36)44)53-42-25-16-24-41-50(42)54(45(31-32)48(38)53)43-26-14-13-23-40(43)51(41,2)3/h7,9-16,18-31H,5-6,8,17H2,1-4H3. The Morgan fingerprint density at radius 1 is 0.527 bits per heavy atom. The maximum atomic E-state index is 2.80. The molecule has 55 heavy (non-hydrogen) atoms. The average Bonchev–Trinajstić information content (AvgIpc) is 3.49. The van der Waals surface area contributed by atoms with Crippen molar-refractivity contribution in [1.29, 1.82) is 0 Å². The monoisotopic (exact) mass is 706 g/mol. The lowest BCUT2D eigenvalue weighted by atomic mass is 9.41. The third kappa shape index (κ3) is 3.82. The van der Waals surface area contributed by atoms with E-state index in [0.717, 1.165) is 6.42 Å². The fourth-order valence-electron chi connectivity index (χ4n) is 11.6. The Morgan fingerprint density at radius 3 is 2.09 bits per heavy atom. The van der Waals surface area contributed by atoms with Crippen LogP contribution in [0.3, 0.4) is 0 Å². The van der Waals surface area contributed by atoms with Gasteiger partial charge in [0.05, 0.1) is 5.69 Å². The summed E-state index contributed by atoms with van der Waals surface area (Å²) in [7, 11) is 0. The quantitative estimate of drug-likeness (QED) is 0.130. The zero-order valence-electron chi connectivity index (χ0n) is 32.1. The highest BCUT2D eigenvalue weighted by Crippen LogP contribution is 2.66. The molecule has 3 heteroatoms. The zero-order chi connectivity index (χ0) is 36.8. The van der Waals surface area contributed by atoms with Crippen LogP contribution in [0.1, 0.15) is 80.3 Å². The maximum Gasteiger partial charge on any atom is 0.333 e. The van der Waals surface area contributed by atoms with Gasteiger partial charge in [0.1, 0.15) is 0 Å². The van der Waals surface area contributed by atoms with E-state index >= 15 is 0 Å². The summed E-state index contributed by atoms with van der Waals surface area (Å²) in [6.07, 6.45) is 4.75. The molecule has 1 aliphatic carbocycles. The predicted molar refractivity (Wildman–Crippen MR) is 232 cm³/mol.